The molecule has 3 aromatic rings. The second-order valence-corrected chi connectivity index (χ2v) is 10.3. The lowest BCUT2D eigenvalue weighted by molar-refractivity contribution is -0.130. The number of benzene rings is 1. The number of anilines is 1. The Kier molecular flexibility index (Phi) is 5.92. The predicted molar refractivity (Wildman–Crippen MR) is 120 cm³/mol. The first-order valence-corrected chi connectivity index (χ1v) is 11.8. The smallest absolute Gasteiger partial charge is 0.243 e. The second-order valence-electron chi connectivity index (χ2n) is 7.53. The first kappa shape index (κ1) is 21.6. The van der Waals surface area contributed by atoms with Crippen molar-refractivity contribution >= 4 is 41.9 Å². The van der Waals surface area contributed by atoms with Crippen LogP contribution in [-0.2, 0) is 21.2 Å². The number of amides is 1. The van der Waals surface area contributed by atoms with E-state index < -0.39 is 10.0 Å². The van der Waals surface area contributed by atoms with Gasteiger partial charge in [-0.3, -0.25) is 4.79 Å². The number of nitrogens with zero attached hydrogens (tertiary/aromatic N) is 7. The molecule has 1 aromatic carbocycles. The van der Waals surface area contributed by atoms with Crippen LogP contribution in [0.4, 0.5) is 5.82 Å². The fraction of sp³-hybridized carbons (Fsp3) is 0.368. The van der Waals surface area contributed by atoms with Gasteiger partial charge in [-0.15, -0.1) is 24.5 Å². The maximum Gasteiger partial charge on any atom is 0.243 e. The fourth-order valence-corrected chi connectivity index (χ4v) is 5.15. The zero-order chi connectivity index (χ0) is 22.2. The molecule has 1 atom stereocenters. The number of sulfonamides is 1. The van der Waals surface area contributed by atoms with E-state index >= 15 is 0 Å². The molecule has 1 aliphatic rings. The summed E-state index contributed by atoms with van der Waals surface area (Å²) in [5, 5.41) is 12.9. The highest BCUT2D eigenvalue weighted by Crippen LogP contribution is 2.18. The van der Waals surface area contributed by atoms with Gasteiger partial charge in [-0.25, -0.2) is 12.7 Å². The SMILES string of the molecule is CN(C)S(=O)(=O)c1cc(CC(=O)N2CCN(c3ccc4nncn4n3)CC2)ccc1P. The van der Waals surface area contributed by atoms with Gasteiger partial charge in [-0.05, 0) is 29.1 Å². The lowest BCUT2D eigenvalue weighted by Gasteiger charge is -2.35. The molecule has 0 spiro atoms. The Hall–Kier alpha value is -2.62. The van der Waals surface area contributed by atoms with Gasteiger partial charge < -0.3 is 9.80 Å². The number of hydrogen-bond acceptors (Lipinski definition) is 7. The summed E-state index contributed by atoms with van der Waals surface area (Å²) in [6.45, 7) is 2.48. The van der Waals surface area contributed by atoms with Crippen LogP contribution in [0.15, 0.2) is 41.6 Å². The topological polar surface area (TPSA) is 104 Å². The van der Waals surface area contributed by atoms with Crippen LogP contribution in [-0.4, -0.2) is 83.6 Å². The van der Waals surface area contributed by atoms with E-state index in [2.05, 4.69) is 29.4 Å². The van der Waals surface area contributed by atoms with Crippen LogP contribution < -0.4 is 10.2 Å². The van der Waals surface area contributed by atoms with Crippen LogP contribution in [0.5, 0.6) is 0 Å². The summed E-state index contributed by atoms with van der Waals surface area (Å²) >= 11 is 0. The lowest BCUT2D eigenvalue weighted by Crippen LogP contribution is -2.49. The molecular weight excluding hydrogens is 437 g/mol. The number of fused-ring (bicyclic) bond motifs is 1. The molecule has 12 heteroatoms. The molecular formula is C19H24N7O3PS. The highest BCUT2D eigenvalue weighted by molar-refractivity contribution is 7.89. The van der Waals surface area contributed by atoms with Crippen molar-refractivity contribution in [3.8, 4) is 0 Å². The molecule has 1 aliphatic heterocycles. The van der Waals surface area contributed by atoms with E-state index in [1.165, 1.54) is 18.4 Å². The molecule has 0 aliphatic carbocycles. The number of carbonyl (C=O) groups is 1. The molecule has 1 amide bonds. The molecule has 31 heavy (non-hydrogen) atoms. The van der Waals surface area contributed by atoms with Crippen molar-refractivity contribution in [1.82, 2.24) is 29.0 Å². The highest BCUT2D eigenvalue weighted by atomic mass is 32.2. The van der Waals surface area contributed by atoms with Gasteiger partial charge in [0.05, 0.1) is 11.3 Å². The Morgan fingerprint density at radius 2 is 1.87 bits per heavy atom. The first-order chi connectivity index (χ1) is 14.8. The van der Waals surface area contributed by atoms with Crippen LogP contribution in [0.2, 0.25) is 0 Å². The predicted octanol–water partition coefficient (Wildman–Crippen LogP) is -0.234. The molecule has 0 N–H and O–H groups in total. The summed E-state index contributed by atoms with van der Waals surface area (Å²) in [6, 6.07) is 8.86. The average molecular weight is 461 g/mol. The zero-order valence-electron chi connectivity index (χ0n) is 17.3. The van der Waals surface area contributed by atoms with E-state index in [0.717, 1.165) is 5.82 Å². The van der Waals surface area contributed by atoms with Gasteiger partial charge in [0.1, 0.15) is 12.1 Å². The van der Waals surface area contributed by atoms with E-state index in [1.807, 2.05) is 17.0 Å². The maximum absolute atomic E-state index is 12.8. The molecule has 10 nitrogen and oxygen atoms in total. The molecule has 0 radical (unpaired) electrons. The second kappa shape index (κ2) is 8.49. The van der Waals surface area contributed by atoms with Gasteiger partial charge in [-0.1, -0.05) is 12.1 Å². The molecule has 1 fully saturated rings. The molecule has 4 rings (SSSR count). The number of piperazine rings is 1. The van der Waals surface area contributed by atoms with E-state index in [-0.39, 0.29) is 17.2 Å². The molecule has 2 aromatic heterocycles. The quantitative estimate of drug-likeness (QED) is 0.484. The summed E-state index contributed by atoms with van der Waals surface area (Å²) < 4.78 is 27.8. The molecule has 1 saturated heterocycles. The van der Waals surface area contributed by atoms with Gasteiger partial charge in [0.25, 0.3) is 0 Å². The van der Waals surface area contributed by atoms with Crippen molar-refractivity contribution in [3.05, 3.63) is 42.2 Å². The highest BCUT2D eigenvalue weighted by Gasteiger charge is 2.24. The van der Waals surface area contributed by atoms with E-state index in [9.17, 15) is 13.2 Å². The van der Waals surface area contributed by atoms with Crippen molar-refractivity contribution in [2.45, 2.75) is 11.3 Å². The summed E-state index contributed by atoms with van der Waals surface area (Å²) in [7, 11) is 1.85. The maximum atomic E-state index is 12.8. The third-order valence-corrected chi connectivity index (χ3v) is 7.88. The summed E-state index contributed by atoms with van der Waals surface area (Å²) in [5.41, 5.74) is 1.36. The minimum absolute atomic E-state index is 0.0217. The first-order valence-electron chi connectivity index (χ1n) is 9.76. The van der Waals surface area contributed by atoms with Crippen LogP contribution in [0.3, 0.4) is 0 Å². The summed E-state index contributed by atoms with van der Waals surface area (Å²) in [6.07, 6.45) is 1.72. The Balaban J connectivity index is 1.41. The zero-order valence-corrected chi connectivity index (χ0v) is 19.3. The molecule has 164 valence electrons. The van der Waals surface area contributed by atoms with E-state index in [0.29, 0.717) is 42.7 Å². The van der Waals surface area contributed by atoms with Crippen molar-refractivity contribution in [1.29, 1.82) is 0 Å². The third kappa shape index (κ3) is 4.39. The van der Waals surface area contributed by atoms with Gasteiger partial charge >= 0.3 is 0 Å². The monoisotopic (exact) mass is 461 g/mol. The van der Waals surface area contributed by atoms with Crippen molar-refractivity contribution in [2.24, 2.45) is 0 Å². The molecule has 1 unspecified atom stereocenters. The van der Waals surface area contributed by atoms with Gasteiger partial charge in [0.2, 0.25) is 15.9 Å². The molecule has 0 bridgehead atoms. The Morgan fingerprint density at radius 3 is 2.58 bits per heavy atom. The lowest BCUT2D eigenvalue weighted by atomic mass is 10.1. The van der Waals surface area contributed by atoms with Gasteiger partial charge in [0.15, 0.2) is 5.65 Å². The van der Waals surface area contributed by atoms with Crippen LogP contribution >= 0.6 is 9.24 Å². The standard InChI is InChI=1S/C19H24N7O3PS/c1-23(2)31(28,29)16-11-14(3-4-15(16)30)12-19(27)25-9-7-24(8-10-25)18-6-5-17-21-20-13-26(17)22-18/h3-6,11,13H,7-10,12,30H2,1-2H3. The normalized spacial score (nSPS) is 15.1. The largest absolute Gasteiger partial charge is 0.352 e. The Labute approximate surface area is 183 Å². The van der Waals surface area contributed by atoms with E-state index in [4.69, 9.17) is 0 Å². The fourth-order valence-electron chi connectivity index (χ4n) is 3.47. The van der Waals surface area contributed by atoms with Crippen molar-refractivity contribution < 1.29 is 13.2 Å². The minimum atomic E-state index is -3.58. The van der Waals surface area contributed by atoms with Crippen LogP contribution in [0, 0.1) is 0 Å². The van der Waals surface area contributed by atoms with Crippen molar-refractivity contribution in [3.63, 3.8) is 0 Å². The summed E-state index contributed by atoms with van der Waals surface area (Å²) in [5.74, 6) is 0.792. The van der Waals surface area contributed by atoms with Crippen LogP contribution in [0.1, 0.15) is 5.56 Å². The number of hydrogen-bond donors (Lipinski definition) is 0. The van der Waals surface area contributed by atoms with Crippen molar-refractivity contribution in [2.75, 3.05) is 45.2 Å². The summed E-state index contributed by atoms with van der Waals surface area (Å²) in [4.78, 5) is 17.0. The minimum Gasteiger partial charge on any atom is -0.352 e. The van der Waals surface area contributed by atoms with Crippen LogP contribution in [0.25, 0.3) is 5.65 Å². The van der Waals surface area contributed by atoms with E-state index in [1.54, 1.807) is 29.0 Å². The number of carbonyl (C=O) groups excluding carboxylic acids is 1. The third-order valence-electron chi connectivity index (χ3n) is 5.30. The van der Waals surface area contributed by atoms with Gasteiger partial charge in [0, 0.05) is 40.3 Å². The Morgan fingerprint density at radius 1 is 1.13 bits per heavy atom. The number of rotatable bonds is 5. The van der Waals surface area contributed by atoms with Gasteiger partial charge in [-0.2, -0.15) is 4.52 Å². The number of aromatic nitrogens is 4. The molecule has 3 heterocycles. The molecule has 0 saturated carbocycles. The average Bonchev–Trinajstić information content (AvgIpc) is 3.23. The Bertz CT molecular complexity index is 1220.